The summed E-state index contributed by atoms with van der Waals surface area (Å²) in [4.78, 5) is 10.7. The minimum absolute atomic E-state index is 0.0200. The van der Waals surface area contributed by atoms with Crippen LogP contribution < -0.4 is 10.1 Å². The molecule has 0 unspecified atom stereocenters. The van der Waals surface area contributed by atoms with Crippen LogP contribution in [0, 0.1) is 10.1 Å². The molecule has 1 aliphatic heterocycles. The van der Waals surface area contributed by atoms with Crippen molar-refractivity contribution in [2.45, 2.75) is 44.6 Å². The van der Waals surface area contributed by atoms with Gasteiger partial charge < -0.3 is 15.2 Å². The lowest BCUT2D eigenvalue weighted by molar-refractivity contribution is -0.385. The maximum atomic E-state index is 11.1. The molecule has 0 radical (unpaired) electrons. The van der Waals surface area contributed by atoms with E-state index in [-0.39, 0.29) is 11.7 Å². The Kier molecular flexibility index (Phi) is 4.49. The molecule has 0 fully saturated rings. The van der Waals surface area contributed by atoms with E-state index in [0.29, 0.717) is 11.3 Å². The minimum atomic E-state index is -0.854. The average molecular weight is 342 g/mol. The van der Waals surface area contributed by atoms with Crippen LogP contribution in [0.25, 0.3) is 0 Å². The van der Waals surface area contributed by atoms with E-state index in [1.54, 1.807) is 6.07 Å². The highest BCUT2D eigenvalue weighted by atomic mass is 16.6. The van der Waals surface area contributed by atoms with E-state index >= 15 is 0 Å². The van der Waals surface area contributed by atoms with Crippen molar-refractivity contribution < 1.29 is 14.8 Å². The average Bonchev–Trinajstić information content (AvgIpc) is 2.59. The molecule has 0 aromatic heterocycles. The molecular formula is C19H22N2O4. The molecule has 0 aliphatic carbocycles. The molecule has 0 saturated carbocycles. The molecule has 2 aromatic rings. The number of aliphatic hydroxyl groups excluding tert-OH is 1. The molecular weight excluding hydrogens is 320 g/mol. The number of aliphatic hydroxyl groups is 1. The fraction of sp³-hybridized carbons (Fsp3) is 0.368. The highest BCUT2D eigenvalue weighted by molar-refractivity contribution is 5.48. The minimum Gasteiger partial charge on any atom is -0.485 e. The third kappa shape index (κ3) is 3.36. The zero-order chi connectivity index (χ0) is 18.2. The molecule has 1 heterocycles. The Bertz CT molecular complexity index is 776. The molecule has 1 aliphatic rings. The van der Waals surface area contributed by atoms with Crippen molar-refractivity contribution >= 4 is 5.69 Å². The lowest BCUT2D eigenvalue weighted by Gasteiger charge is -2.43. The van der Waals surface area contributed by atoms with E-state index in [9.17, 15) is 15.2 Å². The van der Waals surface area contributed by atoms with Gasteiger partial charge in [-0.2, -0.15) is 0 Å². The van der Waals surface area contributed by atoms with E-state index in [2.05, 4.69) is 5.32 Å². The van der Waals surface area contributed by atoms with E-state index in [4.69, 9.17) is 4.74 Å². The van der Waals surface area contributed by atoms with Crippen LogP contribution in [0.1, 0.15) is 44.0 Å². The lowest BCUT2D eigenvalue weighted by Crippen LogP contribution is -2.52. The summed E-state index contributed by atoms with van der Waals surface area (Å²) in [5, 5.41) is 25.3. The third-order valence-corrected chi connectivity index (χ3v) is 4.67. The Labute approximate surface area is 146 Å². The number of nitro groups is 1. The third-order valence-electron chi connectivity index (χ3n) is 4.67. The Balaban J connectivity index is 1.99. The molecule has 132 valence electrons. The fourth-order valence-electron chi connectivity index (χ4n) is 3.19. The van der Waals surface area contributed by atoms with Crippen LogP contribution in [0.3, 0.4) is 0 Å². The van der Waals surface area contributed by atoms with Crippen molar-refractivity contribution in [2.75, 3.05) is 0 Å². The van der Waals surface area contributed by atoms with E-state index in [1.165, 1.54) is 12.1 Å². The van der Waals surface area contributed by atoms with Crippen molar-refractivity contribution in [3.05, 3.63) is 69.8 Å². The van der Waals surface area contributed by atoms with Crippen LogP contribution in [0.15, 0.2) is 48.5 Å². The molecule has 6 nitrogen and oxygen atoms in total. The molecule has 25 heavy (non-hydrogen) atoms. The fourth-order valence-corrected chi connectivity index (χ4v) is 3.19. The number of nitrogens with one attached hydrogen (secondary N) is 1. The van der Waals surface area contributed by atoms with E-state index in [0.717, 1.165) is 5.56 Å². The van der Waals surface area contributed by atoms with Gasteiger partial charge in [0.1, 0.15) is 17.5 Å². The smallest absolute Gasteiger partial charge is 0.270 e. The Morgan fingerprint density at radius 3 is 2.56 bits per heavy atom. The van der Waals surface area contributed by atoms with E-state index < -0.39 is 22.7 Å². The zero-order valence-electron chi connectivity index (χ0n) is 14.5. The number of non-ortho nitro benzene ring substituents is 1. The molecule has 0 spiro atoms. The summed E-state index contributed by atoms with van der Waals surface area (Å²) >= 11 is 0. The SMILES string of the molecule is C[C@H](N[C@@H]1c2cc([N+](=O)[O-])ccc2OC(C)(C)[C@H]1O)c1ccccc1. The van der Waals surface area contributed by atoms with Gasteiger partial charge in [-0.1, -0.05) is 30.3 Å². The molecule has 2 N–H and O–H groups in total. The first-order valence-corrected chi connectivity index (χ1v) is 8.26. The first-order chi connectivity index (χ1) is 11.8. The maximum absolute atomic E-state index is 11.1. The normalized spacial score (nSPS) is 22.6. The van der Waals surface area contributed by atoms with Gasteiger partial charge in [0.25, 0.3) is 5.69 Å². The van der Waals surface area contributed by atoms with Gasteiger partial charge in [0.2, 0.25) is 0 Å². The predicted molar refractivity (Wildman–Crippen MR) is 94.5 cm³/mol. The first-order valence-electron chi connectivity index (χ1n) is 8.26. The summed E-state index contributed by atoms with van der Waals surface area (Å²) in [5.74, 6) is 0.554. The van der Waals surface area contributed by atoms with Crippen molar-refractivity contribution in [1.82, 2.24) is 5.32 Å². The quantitative estimate of drug-likeness (QED) is 0.656. The maximum Gasteiger partial charge on any atom is 0.270 e. The number of hydrogen-bond donors (Lipinski definition) is 2. The molecule has 6 heteroatoms. The number of benzene rings is 2. The van der Waals surface area contributed by atoms with Crippen LogP contribution in [0.2, 0.25) is 0 Å². The van der Waals surface area contributed by atoms with Gasteiger partial charge in [0.15, 0.2) is 0 Å². The number of ether oxygens (including phenoxy) is 1. The Morgan fingerprint density at radius 1 is 1.24 bits per heavy atom. The van der Waals surface area contributed by atoms with Crippen LogP contribution >= 0.6 is 0 Å². The van der Waals surface area contributed by atoms with Crippen LogP contribution in [0.4, 0.5) is 5.69 Å². The number of nitrogens with zero attached hydrogens (tertiary/aromatic N) is 1. The topological polar surface area (TPSA) is 84.6 Å². The highest BCUT2D eigenvalue weighted by Gasteiger charge is 2.43. The second-order valence-corrected chi connectivity index (χ2v) is 6.91. The number of rotatable bonds is 4. The Morgan fingerprint density at radius 2 is 1.92 bits per heavy atom. The van der Waals surface area contributed by atoms with Gasteiger partial charge in [-0.25, -0.2) is 0 Å². The Hall–Kier alpha value is -2.44. The number of hydrogen-bond acceptors (Lipinski definition) is 5. The van der Waals surface area contributed by atoms with Crippen molar-refractivity contribution in [3.8, 4) is 5.75 Å². The van der Waals surface area contributed by atoms with Gasteiger partial charge in [-0.3, -0.25) is 10.1 Å². The highest BCUT2D eigenvalue weighted by Crippen LogP contribution is 2.42. The summed E-state index contributed by atoms with van der Waals surface area (Å²) in [6.45, 7) is 5.62. The van der Waals surface area contributed by atoms with Crippen molar-refractivity contribution in [1.29, 1.82) is 0 Å². The monoisotopic (exact) mass is 342 g/mol. The zero-order valence-corrected chi connectivity index (χ0v) is 14.5. The van der Waals surface area contributed by atoms with Crippen molar-refractivity contribution in [3.63, 3.8) is 0 Å². The van der Waals surface area contributed by atoms with Crippen LogP contribution in [0.5, 0.6) is 5.75 Å². The number of fused-ring (bicyclic) bond motifs is 1. The second-order valence-electron chi connectivity index (χ2n) is 6.91. The molecule has 0 saturated heterocycles. The summed E-state index contributed by atoms with van der Waals surface area (Å²) < 4.78 is 5.87. The van der Waals surface area contributed by atoms with Crippen molar-refractivity contribution in [2.24, 2.45) is 0 Å². The van der Waals surface area contributed by atoms with Gasteiger partial charge in [-0.05, 0) is 32.4 Å². The van der Waals surface area contributed by atoms with Gasteiger partial charge in [-0.15, -0.1) is 0 Å². The molecule has 3 atom stereocenters. The lowest BCUT2D eigenvalue weighted by atomic mass is 9.85. The molecule has 3 rings (SSSR count). The predicted octanol–water partition coefficient (Wildman–Crippen LogP) is 3.52. The summed E-state index contributed by atoms with van der Waals surface area (Å²) in [7, 11) is 0. The van der Waals surface area contributed by atoms with Gasteiger partial charge in [0, 0.05) is 23.7 Å². The van der Waals surface area contributed by atoms with Crippen LogP contribution in [-0.4, -0.2) is 21.7 Å². The van der Waals surface area contributed by atoms with Gasteiger partial charge >= 0.3 is 0 Å². The largest absolute Gasteiger partial charge is 0.485 e. The first kappa shape index (κ1) is 17.4. The summed E-state index contributed by atoms with van der Waals surface area (Å²) in [6, 6.07) is 13.8. The standard InChI is InChI=1S/C19H22N2O4/c1-12(13-7-5-4-6-8-13)20-17-15-11-14(21(23)24)9-10-16(15)25-19(2,3)18(17)22/h4-12,17-18,20,22H,1-3H3/t12-,17+,18-/m0/s1. The summed E-state index contributed by atoms with van der Waals surface area (Å²) in [6.07, 6.45) is -0.854. The number of nitro benzene ring substituents is 1. The van der Waals surface area contributed by atoms with Crippen LogP contribution in [-0.2, 0) is 0 Å². The molecule has 0 bridgehead atoms. The van der Waals surface area contributed by atoms with Gasteiger partial charge in [0.05, 0.1) is 11.0 Å². The molecule has 0 amide bonds. The second kappa shape index (κ2) is 6.46. The molecule has 2 aromatic carbocycles. The summed E-state index contributed by atoms with van der Waals surface area (Å²) in [5.41, 5.74) is 0.847. The van der Waals surface area contributed by atoms with E-state index in [1.807, 2.05) is 51.1 Å².